The van der Waals surface area contributed by atoms with Gasteiger partial charge in [-0.25, -0.2) is 4.98 Å². The van der Waals surface area contributed by atoms with Crippen molar-refractivity contribution in [3.05, 3.63) is 48.5 Å². The molecule has 0 atom stereocenters. The molecule has 1 saturated carbocycles. The maximum atomic E-state index is 5.38. The summed E-state index contributed by atoms with van der Waals surface area (Å²) in [4.78, 5) is 9.28. The molecule has 0 saturated heterocycles. The highest BCUT2D eigenvalue weighted by molar-refractivity contribution is 5.90. The predicted molar refractivity (Wildman–Crippen MR) is 92.5 cm³/mol. The molecular formula is C18H18N4O. The molecule has 5 heteroatoms. The number of rotatable bonds is 5. The highest BCUT2D eigenvalue weighted by Crippen LogP contribution is 2.31. The third kappa shape index (κ3) is 2.90. The van der Waals surface area contributed by atoms with Crippen molar-refractivity contribution in [2.75, 3.05) is 17.7 Å². The van der Waals surface area contributed by atoms with Gasteiger partial charge in [-0.05, 0) is 37.1 Å². The van der Waals surface area contributed by atoms with Crippen molar-refractivity contribution in [3.8, 4) is 5.75 Å². The molecule has 1 fully saturated rings. The standard InChI is InChI=1S/C18H18N4O/c1-23-16-9-5-4-8-15(16)21-18-20-14-7-3-2-6-13(14)17(22-18)19-12-10-11-12/h2-9,12H,10-11H2,1H3,(H2,19,20,21,22). The van der Waals surface area contributed by atoms with Crippen molar-refractivity contribution in [1.29, 1.82) is 0 Å². The number of hydrogen-bond donors (Lipinski definition) is 2. The van der Waals surface area contributed by atoms with Crippen LogP contribution < -0.4 is 15.4 Å². The van der Waals surface area contributed by atoms with E-state index in [1.165, 1.54) is 12.8 Å². The van der Waals surface area contributed by atoms with Crippen LogP contribution in [0.2, 0.25) is 0 Å². The Morgan fingerprint density at radius 2 is 1.78 bits per heavy atom. The van der Waals surface area contributed by atoms with E-state index in [1.54, 1.807) is 7.11 Å². The van der Waals surface area contributed by atoms with Crippen LogP contribution >= 0.6 is 0 Å². The maximum absolute atomic E-state index is 5.38. The number of para-hydroxylation sites is 3. The van der Waals surface area contributed by atoms with Crippen molar-refractivity contribution < 1.29 is 4.74 Å². The van der Waals surface area contributed by atoms with E-state index >= 15 is 0 Å². The van der Waals surface area contributed by atoms with Gasteiger partial charge in [0.25, 0.3) is 0 Å². The molecule has 0 radical (unpaired) electrons. The summed E-state index contributed by atoms with van der Waals surface area (Å²) in [5.74, 6) is 2.22. The molecule has 0 bridgehead atoms. The highest BCUT2D eigenvalue weighted by atomic mass is 16.5. The summed E-state index contributed by atoms with van der Waals surface area (Å²) in [5, 5.41) is 7.80. The monoisotopic (exact) mass is 306 g/mol. The molecule has 0 amide bonds. The lowest BCUT2D eigenvalue weighted by Crippen LogP contribution is -2.07. The van der Waals surface area contributed by atoms with Crippen LogP contribution in [0.1, 0.15) is 12.8 Å². The van der Waals surface area contributed by atoms with Crippen LogP contribution in [0.4, 0.5) is 17.5 Å². The molecule has 0 spiro atoms. The molecule has 4 rings (SSSR count). The minimum Gasteiger partial charge on any atom is -0.495 e. The molecule has 0 unspecified atom stereocenters. The van der Waals surface area contributed by atoms with E-state index in [0.29, 0.717) is 12.0 Å². The van der Waals surface area contributed by atoms with Gasteiger partial charge >= 0.3 is 0 Å². The van der Waals surface area contributed by atoms with Gasteiger partial charge in [-0.1, -0.05) is 24.3 Å². The summed E-state index contributed by atoms with van der Waals surface area (Å²) in [7, 11) is 1.65. The van der Waals surface area contributed by atoms with Crippen molar-refractivity contribution in [2.45, 2.75) is 18.9 Å². The number of benzene rings is 2. The number of nitrogens with one attached hydrogen (secondary N) is 2. The lowest BCUT2D eigenvalue weighted by molar-refractivity contribution is 0.417. The van der Waals surface area contributed by atoms with Gasteiger partial charge in [0.05, 0.1) is 18.3 Å². The summed E-state index contributed by atoms with van der Waals surface area (Å²) >= 11 is 0. The first kappa shape index (κ1) is 13.8. The fraction of sp³-hybridized carbons (Fsp3) is 0.222. The summed E-state index contributed by atoms with van der Waals surface area (Å²) < 4.78 is 5.38. The van der Waals surface area contributed by atoms with Gasteiger partial charge in [0.1, 0.15) is 11.6 Å². The number of anilines is 3. The van der Waals surface area contributed by atoms with E-state index in [4.69, 9.17) is 4.74 Å². The molecule has 1 aliphatic rings. The second-order valence-electron chi connectivity index (χ2n) is 5.66. The smallest absolute Gasteiger partial charge is 0.229 e. The van der Waals surface area contributed by atoms with Gasteiger partial charge in [0.15, 0.2) is 0 Å². The predicted octanol–water partition coefficient (Wildman–Crippen LogP) is 3.96. The Morgan fingerprint density at radius 1 is 1.00 bits per heavy atom. The molecule has 1 aliphatic carbocycles. The molecule has 0 aliphatic heterocycles. The van der Waals surface area contributed by atoms with Crippen molar-refractivity contribution >= 4 is 28.4 Å². The van der Waals surface area contributed by atoms with E-state index in [-0.39, 0.29) is 0 Å². The van der Waals surface area contributed by atoms with Crippen molar-refractivity contribution in [3.63, 3.8) is 0 Å². The topological polar surface area (TPSA) is 59.1 Å². The number of fused-ring (bicyclic) bond motifs is 1. The molecule has 23 heavy (non-hydrogen) atoms. The second-order valence-corrected chi connectivity index (χ2v) is 5.66. The molecule has 1 heterocycles. The van der Waals surface area contributed by atoms with E-state index in [9.17, 15) is 0 Å². The van der Waals surface area contributed by atoms with Crippen LogP contribution in [0, 0.1) is 0 Å². The SMILES string of the molecule is COc1ccccc1Nc1nc(NC2CC2)c2ccccc2n1. The van der Waals surface area contributed by atoms with Crippen LogP contribution in [-0.4, -0.2) is 23.1 Å². The molecular weight excluding hydrogens is 288 g/mol. The van der Waals surface area contributed by atoms with Crippen LogP contribution in [0.5, 0.6) is 5.75 Å². The van der Waals surface area contributed by atoms with Crippen molar-refractivity contribution in [1.82, 2.24) is 9.97 Å². The van der Waals surface area contributed by atoms with Gasteiger partial charge in [0, 0.05) is 11.4 Å². The fourth-order valence-electron chi connectivity index (χ4n) is 2.53. The van der Waals surface area contributed by atoms with E-state index < -0.39 is 0 Å². The van der Waals surface area contributed by atoms with Crippen LogP contribution in [-0.2, 0) is 0 Å². The average molecular weight is 306 g/mol. The first-order valence-electron chi connectivity index (χ1n) is 7.77. The quantitative estimate of drug-likeness (QED) is 0.747. The van der Waals surface area contributed by atoms with E-state index in [2.05, 4.69) is 20.6 Å². The van der Waals surface area contributed by atoms with Crippen LogP contribution in [0.3, 0.4) is 0 Å². The molecule has 116 valence electrons. The Bertz CT molecular complexity index is 845. The van der Waals surface area contributed by atoms with Crippen molar-refractivity contribution in [2.24, 2.45) is 0 Å². The maximum Gasteiger partial charge on any atom is 0.229 e. The lowest BCUT2D eigenvalue weighted by Gasteiger charge is -2.13. The molecule has 1 aromatic heterocycles. The highest BCUT2D eigenvalue weighted by Gasteiger charge is 2.22. The zero-order chi connectivity index (χ0) is 15.6. The minimum absolute atomic E-state index is 0.535. The summed E-state index contributed by atoms with van der Waals surface area (Å²) in [6, 6.07) is 16.3. The summed E-state index contributed by atoms with van der Waals surface area (Å²) in [6.07, 6.45) is 2.40. The Kier molecular flexibility index (Phi) is 3.46. The number of hydrogen-bond acceptors (Lipinski definition) is 5. The fourth-order valence-corrected chi connectivity index (χ4v) is 2.53. The van der Waals surface area contributed by atoms with E-state index in [1.807, 2.05) is 48.5 Å². The van der Waals surface area contributed by atoms with Gasteiger partial charge in [0.2, 0.25) is 5.95 Å². The summed E-state index contributed by atoms with van der Waals surface area (Å²) in [5.41, 5.74) is 1.77. The molecule has 3 aromatic rings. The first-order valence-corrected chi connectivity index (χ1v) is 7.77. The molecule has 2 aromatic carbocycles. The largest absolute Gasteiger partial charge is 0.495 e. The van der Waals surface area contributed by atoms with Gasteiger partial charge < -0.3 is 15.4 Å². The van der Waals surface area contributed by atoms with E-state index in [0.717, 1.165) is 28.2 Å². The average Bonchev–Trinajstić information content (AvgIpc) is 3.39. The van der Waals surface area contributed by atoms with Crippen LogP contribution in [0.15, 0.2) is 48.5 Å². The number of methoxy groups -OCH3 is 1. The summed E-state index contributed by atoms with van der Waals surface area (Å²) in [6.45, 7) is 0. The third-order valence-electron chi connectivity index (χ3n) is 3.87. The number of nitrogens with zero attached hydrogens (tertiary/aromatic N) is 2. The van der Waals surface area contributed by atoms with Crippen LogP contribution in [0.25, 0.3) is 10.9 Å². The Labute approximate surface area is 134 Å². The third-order valence-corrected chi connectivity index (χ3v) is 3.87. The molecule has 5 nitrogen and oxygen atoms in total. The normalized spacial score (nSPS) is 13.8. The zero-order valence-corrected chi connectivity index (χ0v) is 12.9. The Hall–Kier alpha value is -2.82. The Morgan fingerprint density at radius 3 is 2.61 bits per heavy atom. The van der Waals surface area contributed by atoms with Gasteiger partial charge in [-0.3, -0.25) is 0 Å². The van der Waals surface area contributed by atoms with Gasteiger partial charge in [-0.2, -0.15) is 4.98 Å². The second kappa shape index (κ2) is 5.76. The molecule has 2 N–H and O–H groups in total. The zero-order valence-electron chi connectivity index (χ0n) is 12.9. The minimum atomic E-state index is 0.535. The van der Waals surface area contributed by atoms with Gasteiger partial charge in [-0.15, -0.1) is 0 Å². The first-order chi connectivity index (χ1) is 11.3. The number of ether oxygens (including phenoxy) is 1. The Balaban J connectivity index is 1.74. The lowest BCUT2D eigenvalue weighted by atomic mass is 10.2. The number of aromatic nitrogens is 2.